The van der Waals surface area contributed by atoms with Crippen molar-refractivity contribution in [3.63, 3.8) is 0 Å². The van der Waals surface area contributed by atoms with Crippen molar-refractivity contribution in [3.8, 4) is 0 Å². The molecule has 0 spiro atoms. The second-order valence-electron chi connectivity index (χ2n) is 3.93. The number of allylic oxidation sites excluding steroid dienone is 1. The highest BCUT2D eigenvalue weighted by Gasteiger charge is 2.17. The van der Waals surface area contributed by atoms with Crippen LogP contribution in [0.1, 0.15) is 19.3 Å². The molecule has 0 bridgehead atoms. The summed E-state index contributed by atoms with van der Waals surface area (Å²) in [6, 6.07) is 0. The van der Waals surface area contributed by atoms with Crippen molar-refractivity contribution in [2.75, 3.05) is 27.7 Å². The molecule has 0 aliphatic carbocycles. The summed E-state index contributed by atoms with van der Waals surface area (Å²) in [5, 5.41) is 0. The molecule has 0 fully saturated rings. The molecule has 14 heavy (non-hydrogen) atoms. The first-order valence-electron chi connectivity index (χ1n) is 5.15. The maximum absolute atomic E-state index is 5.25. The van der Waals surface area contributed by atoms with Gasteiger partial charge >= 0.3 is 0 Å². The van der Waals surface area contributed by atoms with E-state index in [1.807, 2.05) is 6.20 Å². The van der Waals surface area contributed by atoms with Crippen LogP contribution in [0, 0.1) is 5.92 Å². The number of hydrogen-bond donors (Lipinski definition) is 0. The first-order valence-corrected chi connectivity index (χ1v) is 5.15. The van der Waals surface area contributed by atoms with Crippen LogP contribution in [0.2, 0.25) is 0 Å². The lowest BCUT2D eigenvalue weighted by Gasteiger charge is -2.19. The van der Waals surface area contributed by atoms with E-state index in [-0.39, 0.29) is 0 Å². The fourth-order valence-electron chi connectivity index (χ4n) is 1.67. The highest BCUT2D eigenvalue weighted by molar-refractivity contribution is 5.80. The first kappa shape index (κ1) is 11.2. The van der Waals surface area contributed by atoms with Gasteiger partial charge in [-0.3, -0.25) is 0 Å². The summed E-state index contributed by atoms with van der Waals surface area (Å²) in [6.45, 7) is 1.14. The largest absolute Gasteiger partial charge is 0.484 e. The molecule has 1 heterocycles. The third-order valence-electron chi connectivity index (χ3n) is 2.44. The maximum Gasteiger partial charge on any atom is 0.191 e. The molecule has 3 heteroatoms. The molecule has 0 aromatic heterocycles. The molecule has 0 saturated heterocycles. The van der Waals surface area contributed by atoms with Gasteiger partial charge in [0.25, 0.3) is 0 Å². The summed E-state index contributed by atoms with van der Waals surface area (Å²) in [5.41, 5.74) is 0. The van der Waals surface area contributed by atoms with Gasteiger partial charge in [0, 0.05) is 12.1 Å². The van der Waals surface area contributed by atoms with Gasteiger partial charge < -0.3 is 9.64 Å². The molecule has 0 saturated carbocycles. The van der Waals surface area contributed by atoms with Gasteiger partial charge in [-0.2, -0.15) is 0 Å². The molecule has 0 radical (unpaired) electrons. The molecule has 0 amide bonds. The minimum atomic E-state index is 0.491. The Balaban J connectivity index is 2.30. The van der Waals surface area contributed by atoms with Crippen LogP contribution < -0.4 is 0 Å². The van der Waals surface area contributed by atoms with Crippen molar-refractivity contribution in [1.29, 1.82) is 0 Å². The number of methoxy groups -OCH3 is 1. The Morgan fingerprint density at radius 2 is 2.36 bits per heavy atom. The third kappa shape index (κ3) is 3.50. The number of nitrogens with zero attached hydrogens (tertiary/aromatic N) is 2. The second kappa shape index (κ2) is 5.81. The maximum atomic E-state index is 5.25. The van der Waals surface area contributed by atoms with Crippen molar-refractivity contribution >= 4 is 5.90 Å². The third-order valence-corrected chi connectivity index (χ3v) is 2.44. The molecule has 0 aromatic rings. The quantitative estimate of drug-likeness (QED) is 0.686. The number of hydrogen-bond acceptors (Lipinski definition) is 3. The molecule has 1 unspecified atom stereocenters. The van der Waals surface area contributed by atoms with Crippen LogP contribution in [0.4, 0.5) is 0 Å². The molecule has 0 aromatic carbocycles. The Morgan fingerprint density at radius 3 is 3.00 bits per heavy atom. The normalized spacial score (nSPS) is 21.1. The average Bonchev–Trinajstić information content (AvgIpc) is 2.18. The number of rotatable bonds is 4. The highest BCUT2D eigenvalue weighted by Crippen LogP contribution is 2.18. The Morgan fingerprint density at radius 1 is 1.57 bits per heavy atom. The van der Waals surface area contributed by atoms with Gasteiger partial charge in [-0.1, -0.05) is 6.08 Å². The van der Waals surface area contributed by atoms with Crippen LogP contribution in [-0.2, 0) is 4.74 Å². The van der Waals surface area contributed by atoms with Crippen LogP contribution in [0.15, 0.2) is 17.3 Å². The second-order valence-corrected chi connectivity index (χ2v) is 3.93. The van der Waals surface area contributed by atoms with E-state index in [0.717, 1.165) is 25.3 Å². The monoisotopic (exact) mass is 196 g/mol. The lowest BCUT2D eigenvalue weighted by atomic mass is 9.97. The summed E-state index contributed by atoms with van der Waals surface area (Å²) in [7, 11) is 5.91. The average molecular weight is 196 g/mol. The van der Waals surface area contributed by atoms with Crippen LogP contribution in [-0.4, -0.2) is 38.5 Å². The van der Waals surface area contributed by atoms with Crippen LogP contribution in [0.3, 0.4) is 0 Å². The lowest BCUT2D eigenvalue weighted by molar-refractivity contribution is 0.339. The first-order chi connectivity index (χ1) is 6.74. The number of aliphatic imine (C=N–C) groups is 1. The minimum Gasteiger partial charge on any atom is -0.484 e. The van der Waals surface area contributed by atoms with Crippen molar-refractivity contribution in [1.82, 2.24) is 4.90 Å². The van der Waals surface area contributed by atoms with Gasteiger partial charge in [0.15, 0.2) is 5.90 Å². The lowest BCUT2D eigenvalue weighted by Crippen LogP contribution is -2.20. The summed E-state index contributed by atoms with van der Waals surface area (Å²) < 4.78 is 5.25. The van der Waals surface area contributed by atoms with E-state index in [1.54, 1.807) is 7.11 Å². The van der Waals surface area contributed by atoms with E-state index in [1.165, 1.54) is 6.42 Å². The fraction of sp³-hybridized carbons (Fsp3) is 0.727. The summed E-state index contributed by atoms with van der Waals surface area (Å²) in [4.78, 5) is 6.44. The standard InChI is InChI=1S/C11H20N2O/c1-13(2)9-5-7-10-6-4-8-12-11(10)14-3/h4,8,10H,5-7,9H2,1-3H3. The van der Waals surface area contributed by atoms with Gasteiger partial charge in [0.2, 0.25) is 0 Å². The summed E-state index contributed by atoms with van der Waals surface area (Å²) in [5.74, 6) is 1.39. The summed E-state index contributed by atoms with van der Waals surface area (Å²) >= 11 is 0. The zero-order valence-electron chi connectivity index (χ0n) is 9.36. The van der Waals surface area contributed by atoms with E-state index < -0.39 is 0 Å². The van der Waals surface area contributed by atoms with E-state index >= 15 is 0 Å². The van der Waals surface area contributed by atoms with Crippen LogP contribution in [0.5, 0.6) is 0 Å². The van der Waals surface area contributed by atoms with Gasteiger partial charge in [-0.25, -0.2) is 4.99 Å². The van der Waals surface area contributed by atoms with Crippen molar-refractivity contribution in [2.24, 2.45) is 10.9 Å². The predicted molar refractivity (Wildman–Crippen MR) is 59.5 cm³/mol. The van der Waals surface area contributed by atoms with Gasteiger partial charge in [0.1, 0.15) is 0 Å². The topological polar surface area (TPSA) is 24.8 Å². The Hall–Kier alpha value is -0.830. The van der Waals surface area contributed by atoms with Crippen molar-refractivity contribution in [2.45, 2.75) is 19.3 Å². The molecular formula is C11H20N2O. The molecule has 1 atom stereocenters. The van der Waals surface area contributed by atoms with Gasteiger partial charge in [-0.05, 0) is 39.9 Å². The highest BCUT2D eigenvalue weighted by atomic mass is 16.5. The molecule has 1 rings (SSSR count). The van der Waals surface area contributed by atoms with E-state index in [9.17, 15) is 0 Å². The Labute approximate surface area is 86.5 Å². The SMILES string of the molecule is COC1=NC=CCC1CCCN(C)C. The van der Waals surface area contributed by atoms with Crippen molar-refractivity contribution in [3.05, 3.63) is 12.3 Å². The van der Waals surface area contributed by atoms with Crippen LogP contribution >= 0.6 is 0 Å². The van der Waals surface area contributed by atoms with Gasteiger partial charge in [0.05, 0.1) is 7.11 Å². The summed E-state index contributed by atoms with van der Waals surface area (Å²) in [6.07, 6.45) is 7.38. The molecule has 1 aliphatic rings. The molecule has 0 N–H and O–H groups in total. The smallest absolute Gasteiger partial charge is 0.191 e. The minimum absolute atomic E-state index is 0.491. The zero-order chi connectivity index (χ0) is 10.4. The van der Waals surface area contributed by atoms with E-state index in [4.69, 9.17) is 4.74 Å². The Bertz CT molecular complexity index is 221. The molecule has 80 valence electrons. The predicted octanol–water partition coefficient (Wildman–Crippen LogP) is 1.91. The fourth-order valence-corrected chi connectivity index (χ4v) is 1.67. The molecule has 1 aliphatic heterocycles. The molecule has 3 nitrogen and oxygen atoms in total. The van der Waals surface area contributed by atoms with E-state index in [2.05, 4.69) is 30.1 Å². The van der Waals surface area contributed by atoms with E-state index in [0.29, 0.717) is 5.92 Å². The van der Waals surface area contributed by atoms with Crippen molar-refractivity contribution < 1.29 is 4.74 Å². The number of ether oxygens (including phenoxy) is 1. The Kier molecular flexibility index (Phi) is 4.66. The van der Waals surface area contributed by atoms with Crippen LogP contribution in [0.25, 0.3) is 0 Å². The zero-order valence-corrected chi connectivity index (χ0v) is 9.36. The molecular weight excluding hydrogens is 176 g/mol. The van der Waals surface area contributed by atoms with Gasteiger partial charge in [-0.15, -0.1) is 0 Å².